The van der Waals surface area contributed by atoms with E-state index in [2.05, 4.69) is 72.8 Å². The number of aryl methyl sites for hydroxylation is 1. The second-order valence-corrected chi connectivity index (χ2v) is 7.86. The Hall–Kier alpha value is -3.33. The maximum Gasteiger partial charge on any atom is 0.255 e. The normalized spacial score (nSPS) is 17.0. The monoisotopic (exact) mass is 380 g/mol. The molecule has 2 atom stereocenters. The summed E-state index contributed by atoms with van der Waals surface area (Å²) < 4.78 is 2.24. The number of amides is 1. The van der Waals surface area contributed by atoms with Crippen LogP contribution in [0.25, 0.3) is 10.9 Å². The van der Waals surface area contributed by atoms with Crippen molar-refractivity contribution in [3.63, 3.8) is 0 Å². The molecule has 0 saturated heterocycles. The van der Waals surface area contributed by atoms with Gasteiger partial charge >= 0.3 is 0 Å². The highest BCUT2D eigenvalue weighted by atomic mass is 16.2. The van der Waals surface area contributed by atoms with E-state index in [1.54, 1.807) is 0 Å². The number of carbonyl (C=O) groups excluding carboxylic acids is 1. The number of para-hydroxylation sites is 1. The number of benzene rings is 3. The molecule has 2 heterocycles. The van der Waals surface area contributed by atoms with E-state index in [0.717, 1.165) is 16.7 Å². The van der Waals surface area contributed by atoms with Crippen LogP contribution < -0.4 is 0 Å². The van der Waals surface area contributed by atoms with Crippen molar-refractivity contribution in [2.45, 2.75) is 25.9 Å². The number of fused-ring (bicyclic) bond motifs is 2. The molecule has 0 radical (unpaired) electrons. The Morgan fingerprint density at radius 3 is 2.31 bits per heavy atom. The minimum atomic E-state index is -0.0972. The van der Waals surface area contributed by atoms with Gasteiger partial charge in [0, 0.05) is 34.8 Å². The molecule has 1 aromatic heterocycles. The summed E-state index contributed by atoms with van der Waals surface area (Å²) in [6, 6.07) is 26.7. The molecule has 3 heteroatoms. The van der Waals surface area contributed by atoms with Crippen molar-refractivity contribution in [2.24, 2.45) is 7.05 Å². The summed E-state index contributed by atoms with van der Waals surface area (Å²) in [5, 5.41) is 1.22. The number of hydrogen-bond acceptors (Lipinski definition) is 1. The summed E-state index contributed by atoms with van der Waals surface area (Å²) in [6.45, 7) is 4.29. The molecule has 1 aliphatic rings. The highest BCUT2D eigenvalue weighted by Crippen LogP contribution is 2.46. The lowest BCUT2D eigenvalue weighted by Gasteiger charge is -2.32. The fourth-order valence-electron chi connectivity index (χ4n) is 4.82. The molecule has 0 saturated carbocycles. The van der Waals surface area contributed by atoms with E-state index in [-0.39, 0.29) is 18.0 Å². The van der Waals surface area contributed by atoms with E-state index in [1.165, 1.54) is 22.2 Å². The quantitative estimate of drug-likeness (QED) is 0.441. The van der Waals surface area contributed by atoms with Crippen LogP contribution in [0.2, 0.25) is 0 Å². The van der Waals surface area contributed by atoms with Gasteiger partial charge in [-0.25, -0.2) is 0 Å². The lowest BCUT2D eigenvalue weighted by atomic mass is 9.94. The summed E-state index contributed by atoms with van der Waals surface area (Å²) in [6.07, 6.45) is 0. The van der Waals surface area contributed by atoms with Gasteiger partial charge in [0.1, 0.15) is 0 Å². The Morgan fingerprint density at radius 2 is 1.52 bits per heavy atom. The number of carbonyl (C=O) groups is 1. The summed E-state index contributed by atoms with van der Waals surface area (Å²) in [4.78, 5) is 15.6. The van der Waals surface area contributed by atoms with Crippen LogP contribution in [0.4, 0.5) is 0 Å². The average molecular weight is 380 g/mol. The van der Waals surface area contributed by atoms with Crippen LogP contribution in [0, 0.1) is 6.92 Å². The second-order valence-electron chi connectivity index (χ2n) is 7.86. The van der Waals surface area contributed by atoms with Gasteiger partial charge in [-0.15, -0.1) is 0 Å². The zero-order valence-electron chi connectivity index (χ0n) is 17.0. The molecular weight excluding hydrogens is 356 g/mol. The number of nitrogens with zero attached hydrogens (tertiary/aromatic N) is 2. The van der Waals surface area contributed by atoms with Gasteiger partial charge < -0.3 is 9.47 Å². The largest absolute Gasteiger partial charge is 0.348 e. The SMILES string of the molecule is Cc1c([C@H]2c3ccccc3C(=O)N2[C@@H](C)c2ccccc2)c2ccccc2n1C. The van der Waals surface area contributed by atoms with Crippen molar-refractivity contribution < 1.29 is 4.79 Å². The maximum absolute atomic E-state index is 13.6. The topological polar surface area (TPSA) is 25.2 Å². The molecule has 144 valence electrons. The molecule has 5 rings (SSSR count). The molecule has 1 amide bonds. The molecule has 0 unspecified atom stereocenters. The Kier molecular flexibility index (Phi) is 4.06. The molecule has 4 aromatic rings. The van der Waals surface area contributed by atoms with Crippen molar-refractivity contribution >= 4 is 16.8 Å². The Labute approximate surface area is 171 Å². The zero-order valence-corrected chi connectivity index (χ0v) is 17.0. The van der Waals surface area contributed by atoms with Gasteiger partial charge in [-0.1, -0.05) is 66.7 Å². The first-order valence-corrected chi connectivity index (χ1v) is 10.1. The number of aromatic nitrogens is 1. The van der Waals surface area contributed by atoms with Gasteiger partial charge in [-0.05, 0) is 37.1 Å². The molecule has 0 aliphatic carbocycles. The molecule has 1 aliphatic heterocycles. The average Bonchev–Trinajstić information content (AvgIpc) is 3.19. The zero-order chi connectivity index (χ0) is 20.1. The van der Waals surface area contributed by atoms with E-state index in [9.17, 15) is 4.79 Å². The minimum Gasteiger partial charge on any atom is -0.348 e. The minimum absolute atomic E-state index is 0.0283. The van der Waals surface area contributed by atoms with Gasteiger partial charge in [-0.2, -0.15) is 0 Å². The Balaban J connectivity index is 1.77. The smallest absolute Gasteiger partial charge is 0.255 e. The van der Waals surface area contributed by atoms with Crippen LogP contribution in [0.3, 0.4) is 0 Å². The van der Waals surface area contributed by atoms with Gasteiger partial charge in [0.2, 0.25) is 0 Å². The van der Waals surface area contributed by atoms with Crippen molar-refractivity contribution in [3.8, 4) is 0 Å². The van der Waals surface area contributed by atoms with Gasteiger partial charge in [0.15, 0.2) is 0 Å². The number of rotatable bonds is 3. The van der Waals surface area contributed by atoms with E-state index in [1.807, 2.05) is 36.4 Å². The molecule has 0 bridgehead atoms. The lowest BCUT2D eigenvalue weighted by Crippen LogP contribution is -2.32. The van der Waals surface area contributed by atoms with E-state index < -0.39 is 0 Å². The predicted molar refractivity (Wildman–Crippen MR) is 117 cm³/mol. The molecule has 0 N–H and O–H groups in total. The third-order valence-electron chi connectivity index (χ3n) is 6.42. The van der Waals surface area contributed by atoms with Crippen molar-refractivity contribution in [2.75, 3.05) is 0 Å². The summed E-state index contributed by atoms with van der Waals surface area (Å²) in [5.41, 5.74) is 6.68. The van der Waals surface area contributed by atoms with Crippen molar-refractivity contribution in [3.05, 3.63) is 107 Å². The summed E-state index contributed by atoms with van der Waals surface area (Å²) >= 11 is 0. The Bertz CT molecular complexity index is 1220. The van der Waals surface area contributed by atoms with Crippen LogP contribution in [0.5, 0.6) is 0 Å². The van der Waals surface area contributed by atoms with Gasteiger partial charge in [-0.3, -0.25) is 4.79 Å². The summed E-state index contributed by atoms with van der Waals surface area (Å²) in [7, 11) is 2.11. The highest BCUT2D eigenvalue weighted by Gasteiger charge is 2.42. The molecule has 29 heavy (non-hydrogen) atoms. The highest BCUT2D eigenvalue weighted by molar-refractivity contribution is 6.01. The molecule has 3 nitrogen and oxygen atoms in total. The Morgan fingerprint density at radius 1 is 0.862 bits per heavy atom. The van der Waals surface area contributed by atoms with E-state index in [0.29, 0.717) is 0 Å². The van der Waals surface area contributed by atoms with Crippen LogP contribution in [-0.2, 0) is 7.05 Å². The van der Waals surface area contributed by atoms with Crippen LogP contribution in [0.15, 0.2) is 78.9 Å². The predicted octanol–water partition coefficient (Wildman–Crippen LogP) is 5.79. The summed E-state index contributed by atoms with van der Waals surface area (Å²) in [5.74, 6) is 0.106. The van der Waals surface area contributed by atoms with Crippen LogP contribution in [0.1, 0.15) is 51.7 Å². The molecule has 0 spiro atoms. The van der Waals surface area contributed by atoms with Gasteiger partial charge in [0.25, 0.3) is 5.91 Å². The third-order valence-corrected chi connectivity index (χ3v) is 6.42. The molecule has 0 fully saturated rings. The first-order valence-electron chi connectivity index (χ1n) is 10.1. The number of hydrogen-bond donors (Lipinski definition) is 0. The fraction of sp³-hybridized carbons (Fsp3) is 0.192. The molecule has 3 aromatic carbocycles. The van der Waals surface area contributed by atoms with Crippen molar-refractivity contribution in [1.29, 1.82) is 0 Å². The molecular formula is C26H24N2O. The van der Waals surface area contributed by atoms with E-state index >= 15 is 0 Å². The van der Waals surface area contributed by atoms with Crippen molar-refractivity contribution in [1.82, 2.24) is 9.47 Å². The lowest BCUT2D eigenvalue weighted by molar-refractivity contribution is 0.0677. The third kappa shape index (κ3) is 2.54. The first kappa shape index (κ1) is 17.7. The van der Waals surface area contributed by atoms with Gasteiger partial charge in [0.05, 0.1) is 12.1 Å². The fourth-order valence-corrected chi connectivity index (χ4v) is 4.82. The van der Waals surface area contributed by atoms with E-state index in [4.69, 9.17) is 0 Å². The maximum atomic E-state index is 13.6. The second kappa shape index (κ2) is 6.63. The van der Waals surface area contributed by atoms with Crippen LogP contribution >= 0.6 is 0 Å². The standard InChI is InChI=1S/C26H24N2O/c1-17(19-11-5-4-6-12-19)28-25(20-13-7-8-14-21(20)26(28)29)24-18(2)27(3)23-16-10-9-15-22(23)24/h4-17,25H,1-3H3/t17-,25+/m0/s1. The first-order chi connectivity index (χ1) is 14.1. The van der Waals surface area contributed by atoms with Crippen LogP contribution in [-0.4, -0.2) is 15.4 Å².